The average molecular weight is 1060 g/mol. The van der Waals surface area contributed by atoms with E-state index in [1.807, 2.05) is 36.4 Å². The molecule has 0 saturated heterocycles. The third kappa shape index (κ3) is 31.2. The minimum absolute atomic E-state index is 0.000309. The first-order valence-electron chi connectivity index (χ1n) is 29.1. The van der Waals surface area contributed by atoms with Crippen molar-refractivity contribution < 1.29 is 56.6 Å². The number of hydrogen-bond donors (Lipinski definition) is 3. The summed E-state index contributed by atoms with van der Waals surface area (Å²) in [5, 5.41) is 4.98. The zero-order valence-electron chi connectivity index (χ0n) is 45.7. The second-order valence-electron chi connectivity index (χ2n) is 20.1. The molecule has 0 saturated carbocycles. The number of hydrogen-bond acceptors (Lipinski definition) is 11. The second-order valence-corrected chi connectivity index (χ2v) is 21.6. The van der Waals surface area contributed by atoms with Crippen LogP contribution in [0.3, 0.4) is 0 Å². The predicted molar refractivity (Wildman–Crippen MR) is 294 cm³/mol. The van der Waals surface area contributed by atoms with Gasteiger partial charge in [0.25, 0.3) is 0 Å². The van der Waals surface area contributed by atoms with Crippen molar-refractivity contribution in [2.75, 3.05) is 46.1 Å². The van der Waals surface area contributed by atoms with Gasteiger partial charge in [0, 0.05) is 25.3 Å². The number of ether oxygens (including phenoxy) is 4. The van der Waals surface area contributed by atoms with Crippen molar-refractivity contribution in [2.24, 2.45) is 0 Å². The first-order valence-corrected chi connectivity index (χ1v) is 30.6. The summed E-state index contributed by atoms with van der Waals surface area (Å²) in [5.74, 6) is -1.02. The van der Waals surface area contributed by atoms with E-state index < -0.39 is 51.3 Å². The molecule has 74 heavy (non-hydrogen) atoms. The highest BCUT2D eigenvalue weighted by atomic mass is 31.2. The van der Waals surface area contributed by atoms with Crippen molar-refractivity contribution in [3.63, 3.8) is 0 Å². The third-order valence-corrected chi connectivity index (χ3v) is 14.7. The molecule has 15 heteroatoms. The second kappa shape index (κ2) is 42.2. The van der Waals surface area contributed by atoms with Crippen LogP contribution in [0.1, 0.15) is 236 Å². The molecule has 2 aromatic rings. The normalized spacial score (nSPS) is 13.1. The number of fused-ring (bicyclic) bond motifs is 3. The lowest BCUT2D eigenvalue weighted by atomic mass is 9.98. The van der Waals surface area contributed by atoms with Gasteiger partial charge in [-0.1, -0.05) is 242 Å². The quantitative estimate of drug-likeness (QED) is 0.0247. The number of rotatable bonds is 47. The van der Waals surface area contributed by atoms with Crippen LogP contribution in [0, 0.1) is 0 Å². The fourth-order valence-corrected chi connectivity index (χ4v) is 10.2. The topological polar surface area (TPSA) is 185 Å². The average Bonchev–Trinajstić information content (AvgIpc) is 3.72. The van der Waals surface area contributed by atoms with Gasteiger partial charge in [0.15, 0.2) is 6.10 Å². The summed E-state index contributed by atoms with van der Waals surface area (Å²) in [6.45, 7) is 3.03. The van der Waals surface area contributed by atoms with E-state index in [1.165, 1.54) is 141 Å². The zero-order valence-corrected chi connectivity index (χ0v) is 46.6. The smallest absolute Gasteiger partial charge is 0.462 e. The summed E-state index contributed by atoms with van der Waals surface area (Å²) < 4.78 is 44.6. The zero-order chi connectivity index (χ0) is 53.2. The molecule has 1 unspecified atom stereocenters. The number of esters is 2. The molecule has 0 heterocycles. The van der Waals surface area contributed by atoms with Crippen LogP contribution in [0.25, 0.3) is 11.1 Å². The summed E-state index contributed by atoms with van der Waals surface area (Å²) in [6, 6.07) is 16.1. The maximum atomic E-state index is 12.9. The van der Waals surface area contributed by atoms with E-state index in [-0.39, 0.29) is 51.7 Å². The van der Waals surface area contributed by atoms with Crippen LogP contribution < -0.4 is 10.6 Å². The van der Waals surface area contributed by atoms with Crippen molar-refractivity contribution >= 4 is 31.9 Å². The Bertz CT molecular complexity index is 1800. The third-order valence-electron chi connectivity index (χ3n) is 13.7. The van der Waals surface area contributed by atoms with E-state index in [9.17, 15) is 28.6 Å². The van der Waals surface area contributed by atoms with Gasteiger partial charge in [-0.2, -0.15) is 0 Å². The lowest BCUT2D eigenvalue weighted by molar-refractivity contribution is -0.161. The largest absolute Gasteiger partial charge is 0.472 e. The van der Waals surface area contributed by atoms with Crippen LogP contribution in [0.2, 0.25) is 0 Å². The Kier molecular flexibility index (Phi) is 36.7. The number of alkyl carbamates (subject to hydrolysis) is 2. The van der Waals surface area contributed by atoms with E-state index in [1.54, 1.807) is 0 Å². The van der Waals surface area contributed by atoms with Gasteiger partial charge >= 0.3 is 31.9 Å². The Labute approximate surface area is 445 Å². The Hall–Kier alpha value is -3.97. The van der Waals surface area contributed by atoms with Crippen LogP contribution in [0.4, 0.5) is 9.59 Å². The van der Waals surface area contributed by atoms with Gasteiger partial charge in [0.1, 0.15) is 19.8 Å². The van der Waals surface area contributed by atoms with E-state index in [0.29, 0.717) is 12.8 Å². The van der Waals surface area contributed by atoms with E-state index in [2.05, 4.69) is 36.6 Å². The van der Waals surface area contributed by atoms with Gasteiger partial charge in [-0.15, -0.1) is 0 Å². The summed E-state index contributed by atoms with van der Waals surface area (Å²) in [6.07, 6.45) is 34.2. The monoisotopic (exact) mass is 1060 g/mol. The summed E-state index contributed by atoms with van der Waals surface area (Å²) >= 11 is 0. The van der Waals surface area contributed by atoms with Gasteiger partial charge in [-0.25, -0.2) is 14.2 Å². The molecule has 1 aliphatic rings. The van der Waals surface area contributed by atoms with E-state index >= 15 is 0 Å². The number of amides is 2. The van der Waals surface area contributed by atoms with Crippen LogP contribution in [-0.2, 0) is 42.1 Å². The van der Waals surface area contributed by atoms with E-state index in [0.717, 1.165) is 60.8 Å². The van der Waals surface area contributed by atoms with Gasteiger partial charge in [0.05, 0.1) is 19.8 Å². The molecule has 0 aliphatic heterocycles. The molecule has 0 bridgehead atoms. The highest BCUT2D eigenvalue weighted by molar-refractivity contribution is 7.47. The molecule has 2 amide bonds. The number of benzene rings is 2. The lowest BCUT2D eigenvalue weighted by Crippen LogP contribution is -2.33. The lowest BCUT2D eigenvalue weighted by Gasteiger charge is -2.20. The Balaban J connectivity index is 1.29. The first kappa shape index (κ1) is 64.3. The molecule has 14 nitrogen and oxygen atoms in total. The maximum absolute atomic E-state index is 12.9. The van der Waals surface area contributed by atoms with Crippen LogP contribution in [0.15, 0.2) is 48.5 Å². The molecule has 0 radical (unpaired) electrons. The van der Waals surface area contributed by atoms with E-state index in [4.69, 9.17) is 28.0 Å². The first-order chi connectivity index (χ1) is 36.1. The Morgan fingerprint density at radius 1 is 0.486 bits per heavy atom. The molecule has 0 fully saturated rings. The van der Waals surface area contributed by atoms with Crippen LogP contribution in [0.5, 0.6) is 0 Å². The number of carbonyl (C=O) groups excluding carboxylic acids is 4. The van der Waals surface area contributed by atoms with Crippen LogP contribution >= 0.6 is 7.82 Å². The predicted octanol–water partition coefficient (Wildman–Crippen LogP) is 15.4. The highest BCUT2D eigenvalue weighted by Crippen LogP contribution is 2.45. The van der Waals surface area contributed by atoms with Crippen molar-refractivity contribution in [3.05, 3.63) is 59.7 Å². The fraction of sp³-hybridized carbons (Fsp3) is 0.729. The molecule has 1 aliphatic carbocycles. The number of carbonyl (C=O) groups is 4. The molecule has 3 rings (SSSR count). The van der Waals surface area contributed by atoms with Gasteiger partial charge in [0.2, 0.25) is 0 Å². The van der Waals surface area contributed by atoms with Crippen LogP contribution in [-0.4, -0.2) is 81.2 Å². The Morgan fingerprint density at radius 2 is 0.878 bits per heavy atom. The molecule has 3 N–H and O–H groups in total. The van der Waals surface area contributed by atoms with Crippen molar-refractivity contribution in [1.29, 1.82) is 0 Å². The van der Waals surface area contributed by atoms with Gasteiger partial charge in [-0.3, -0.25) is 18.6 Å². The maximum Gasteiger partial charge on any atom is 0.472 e. The minimum atomic E-state index is -4.67. The number of nitrogens with one attached hydrogen (secondary N) is 2. The SMILES string of the molecule is CCCCCCCCCCCCCCCCCC(=O)OC[C@H](COP(=O)(O)OCCNC(=O)OCCNC(=O)OCC1c2ccccc2-c2ccccc21)OC(=O)CCCCCCCCCCCCCCCCC. The molecule has 0 spiro atoms. The van der Waals surface area contributed by atoms with Crippen molar-refractivity contribution in [2.45, 2.75) is 231 Å². The summed E-state index contributed by atoms with van der Waals surface area (Å²) in [4.78, 5) is 60.6. The molecule has 2 atom stereocenters. The summed E-state index contributed by atoms with van der Waals surface area (Å²) in [5.41, 5.74) is 4.44. The highest BCUT2D eigenvalue weighted by Gasteiger charge is 2.29. The van der Waals surface area contributed by atoms with Crippen molar-refractivity contribution in [3.8, 4) is 11.1 Å². The number of unbranched alkanes of at least 4 members (excludes halogenated alkanes) is 28. The fourth-order valence-electron chi connectivity index (χ4n) is 9.43. The Morgan fingerprint density at radius 3 is 1.34 bits per heavy atom. The molecular weight excluding hydrogens is 960 g/mol. The summed E-state index contributed by atoms with van der Waals surface area (Å²) in [7, 11) is -4.67. The van der Waals surface area contributed by atoms with Gasteiger partial charge < -0.3 is 34.5 Å². The standard InChI is InChI=1S/C59H97N2O12P/c1-3-5-7-9-11-13-15-17-19-21-23-25-27-29-31-41-56(62)69-47-50(73-57(63)42-32-30-28-26-24-22-20-18-16-14-12-10-8-6-4-2)48-72-74(66,67)71-46-44-61-58(64)68-45-43-60-59(65)70-49-55-53-39-35-33-37-51(53)52-38-34-36-40-54(52)55/h33-40,50,55H,3-32,41-49H2,1-2H3,(H,60,65)(H,61,64)(H,66,67)/t50-/m1/s1. The van der Waals surface area contributed by atoms with Gasteiger partial charge in [-0.05, 0) is 35.1 Å². The minimum Gasteiger partial charge on any atom is -0.462 e. The molecule has 420 valence electrons. The number of phosphoric ester groups is 1. The van der Waals surface area contributed by atoms with Crippen molar-refractivity contribution in [1.82, 2.24) is 10.6 Å². The molecule has 0 aromatic heterocycles. The molecule has 2 aromatic carbocycles. The molecular formula is C59H97N2O12P. The number of phosphoric acid groups is 1.